The van der Waals surface area contributed by atoms with Gasteiger partial charge in [-0.2, -0.15) is 5.26 Å². The molecule has 2 unspecified atom stereocenters. The number of benzene rings is 1. The lowest BCUT2D eigenvalue weighted by Gasteiger charge is -2.23. The number of hydrogen-bond acceptors (Lipinski definition) is 4. The Morgan fingerprint density at radius 1 is 1.43 bits per heavy atom. The third-order valence-electron chi connectivity index (χ3n) is 3.22. The summed E-state index contributed by atoms with van der Waals surface area (Å²) in [7, 11) is 0. The van der Waals surface area contributed by atoms with Gasteiger partial charge in [0.2, 0.25) is 5.91 Å². The van der Waals surface area contributed by atoms with Crippen LogP contribution < -0.4 is 0 Å². The van der Waals surface area contributed by atoms with E-state index in [0.29, 0.717) is 11.3 Å². The first-order valence-electron chi connectivity index (χ1n) is 6.38. The molecule has 1 heterocycles. The number of rotatable bonds is 3. The van der Waals surface area contributed by atoms with Gasteiger partial charge in [-0.05, 0) is 30.7 Å². The summed E-state index contributed by atoms with van der Waals surface area (Å²) >= 11 is 1.45. The summed E-state index contributed by atoms with van der Waals surface area (Å²) in [5, 5.41) is 17.7. The van der Waals surface area contributed by atoms with E-state index in [0.717, 1.165) is 5.56 Å². The van der Waals surface area contributed by atoms with Gasteiger partial charge in [0.25, 0.3) is 0 Å². The van der Waals surface area contributed by atoms with Crippen molar-refractivity contribution in [2.24, 2.45) is 0 Å². The Kier molecular flexibility index (Phi) is 4.66. The molecule has 1 aromatic carbocycles. The van der Waals surface area contributed by atoms with E-state index in [9.17, 15) is 9.59 Å². The molecular formula is C15H14N2O3S. The van der Waals surface area contributed by atoms with Gasteiger partial charge in [-0.25, -0.2) is 4.79 Å². The van der Waals surface area contributed by atoms with E-state index >= 15 is 0 Å². The summed E-state index contributed by atoms with van der Waals surface area (Å²) in [4.78, 5) is 24.7. The fourth-order valence-electron chi connectivity index (χ4n) is 2.09. The van der Waals surface area contributed by atoms with Crippen LogP contribution in [-0.2, 0) is 9.59 Å². The lowest BCUT2D eigenvalue weighted by Crippen LogP contribution is -2.43. The summed E-state index contributed by atoms with van der Waals surface area (Å²) < 4.78 is 0. The highest BCUT2D eigenvalue weighted by Crippen LogP contribution is 2.29. The number of aliphatic carboxylic acids is 1. The Hall–Kier alpha value is -2.26. The highest BCUT2D eigenvalue weighted by Gasteiger charge is 2.38. The van der Waals surface area contributed by atoms with Crippen LogP contribution in [-0.4, -0.2) is 39.1 Å². The van der Waals surface area contributed by atoms with Crippen molar-refractivity contribution in [2.45, 2.75) is 18.3 Å². The topological polar surface area (TPSA) is 81.4 Å². The number of carboxylic acid groups (broad SMARTS) is 1. The molecule has 1 N–H and O–H groups in total. The second-order valence-electron chi connectivity index (χ2n) is 4.60. The maximum absolute atomic E-state index is 12.2. The van der Waals surface area contributed by atoms with Gasteiger partial charge in [0.1, 0.15) is 6.04 Å². The van der Waals surface area contributed by atoms with Crippen molar-refractivity contribution in [3.05, 3.63) is 41.5 Å². The molecule has 1 amide bonds. The third-order valence-corrected chi connectivity index (χ3v) is 4.44. The molecule has 1 saturated heterocycles. The van der Waals surface area contributed by atoms with Crippen molar-refractivity contribution in [2.75, 3.05) is 5.75 Å². The highest BCUT2D eigenvalue weighted by molar-refractivity contribution is 8.00. The molecule has 2 atom stereocenters. The first-order chi connectivity index (χ1) is 10.0. The van der Waals surface area contributed by atoms with Crippen molar-refractivity contribution in [3.8, 4) is 6.07 Å². The maximum atomic E-state index is 12.2. The first-order valence-corrected chi connectivity index (χ1v) is 7.42. The molecule has 21 heavy (non-hydrogen) atoms. The van der Waals surface area contributed by atoms with Crippen molar-refractivity contribution < 1.29 is 14.7 Å². The Balaban J connectivity index is 2.10. The molecule has 0 saturated carbocycles. The molecule has 2 rings (SSSR count). The number of carboxylic acids is 1. The molecule has 0 aliphatic carbocycles. The van der Waals surface area contributed by atoms with E-state index in [1.165, 1.54) is 22.7 Å². The standard InChI is InChI=1S/C15H14N2O3S/c1-10-17(13(9-21-10)15(19)20)14(18)7-6-11-2-4-12(8-16)5-3-11/h2-7,10,13H,9H2,1H3,(H,19,20). The van der Waals surface area contributed by atoms with E-state index in [1.807, 2.05) is 13.0 Å². The van der Waals surface area contributed by atoms with Crippen LogP contribution in [0.15, 0.2) is 30.3 Å². The fraction of sp³-hybridized carbons (Fsp3) is 0.267. The molecule has 6 heteroatoms. The zero-order valence-corrected chi connectivity index (χ0v) is 12.2. The first kappa shape index (κ1) is 15.1. The molecule has 1 aliphatic rings. The number of carbonyl (C=O) groups excluding carboxylic acids is 1. The van der Waals surface area contributed by atoms with Crippen LogP contribution in [0.5, 0.6) is 0 Å². The molecule has 0 bridgehead atoms. The lowest BCUT2D eigenvalue weighted by atomic mass is 10.1. The molecule has 0 spiro atoms. The van der Waals surface area contributed by atoms with Gasteiger partial charge in [-0.1, -0.05) is 12.1 Å². The van der Waals surface area contributed by atoms with Crippen LogP contribution in [0.2, 0.25) is 0 Å². The second-order valence-corrected chi connectivity index (χ2v) is 5.95. The average Bonchev–Trinajstić information content (AvgIpc) is 2.87. The van der Waals surface area contributed by atoms with E-state index in [4.69, 9.17) is 10.4 Å². The van der Waals surface area contributed by atoms with Crippen molar-refractivity contribution >= 4 is 29.7 Å². The second kappa shape index (κ2) is 6.46. The highest BCUT2D eigenvalue weighted by atomic mass is 32.2. The Labute approximate surface area is 126 Å². The van der Waals surface area contributed by atoms with Crippen LogP contribution >= 0.6 is 11.8 Å². The fourth-order valence-corrected chi connectivity index (χ4v) is 3.27. The molecule has 1 aromatic rings. The minimum absolute atomic E-state index is 0.149. The predicted molar refractivity (Wildman–Crippen MR) is 80.4 cm³/mol. The van der Waals surface area contributed by atoms with Gasteiger partial charge in [0.05, 0.1) is 17.0 Å². The minimum Gasteiger partial charge on any atom is -0.480 e. The van der Waals surface area contributed by atoms with Crippen molar-refractivity contribution in [1.29, 1.82) is 5.26 Å². The molecule has 1 fully saturated rings. The molecule has 5 nitrogen and oxygen atoms in total. The predicted octanol–water partition coefficient (Wildman–Crippen LogP) is 1.95. The van der Waals surface area contributed by atoms with E-state index in [1.54, 1.807) is 30.3 Å². The number of carbonyl (C=O) groups is 2. The van der Waals surface area contributed by atoms with Crippen molar-refractivity contribution in [1.82, 2.24) is 4.90 Å². The van der Waals surface area contributed by atoms with Crippen LogP contribution in [0.25, 0.3) is 6.08 Å². The molecule has 0 radical (unpaired) electrons. The monoisotopic (exact) mass is 302 g/mol. The van der Waals surface area contributed by atoms with E-state index in [-0.39, 0.29) is 11.3 Å². The summed E-state index contributed by atoms with van der Waals surface area (Å²) in [6.07, 6.45) is 3.00. The number of thioether (sulfide) groups is 1. The zero-order valence-electron chi connectivity index (χ0n) is 11.4. The van der Waals surface area contributed by atoms with Crippen molar-refractivity contribution in [3.63, 3.8) is 0 Å². The average molecular weight is 302 g/mol. The number of nitriles is 1. The number of hydrogen-bond donors (Lipinski definition) is 1. The number of nitrogens with zero attached hydrogens (tertiary/aromatic N) is 2. The quantitative estimate of drug-likeness (QED) is 0.863. The third kappa shape index (κ3) is 3.44. The molecule has 0 aromatic heterocycles. The van der Waals surface area contributed by atoms with Gasteiger partial charge < -0.3 is 10.0 Å². The van der Waals surface area contributed by atoms with Crippen LogP contribution in [0.3, 0.4) is 0 Å². The van der Waals surface area contributed by atoms with Gasteiger partial charge in [0.15, 0.2) is 0 Å². The molecular weight excluding hydrogens is 288 g/mol. The minimum atomic E-state index is -0.980. The Bertz CT molecular complexity index is 619. The zero-order chi connectivity index (χ0) is 15.4. The Morgan fingerprint density at radius 2 is 2.10 bits per heavy atom. The summed E-state index contributed by atoms with van der Waals surface area (Å²) in [6.45, 7) is 1.82. The van der Waals surface area contributed by atoms with Crippen LogP contribution in [0, 0.1) is 11.3 Å². The SMILES string of the molecule is CC1SCC(C(=O)O)N1C(=O)C=Cc1ccc(C#N)cc1. The van der Waals surface area contributed by atoms with Gasteiger partial charge in [0, 0.05) is 11.8 Å². The normalized spacial score (nSPS) is 21.4. The largest absolute Gasteiger partial charge is 0.480 e. The number of amides is 1. The van der Waals surface area contributed by atoms with E-state index < -0.39 is 12.0 Å². The summed E-state index contributed by atoms with van der Waals surface area (Å²) in [5.41, 5.74) is 1.34. The smallest absolute Gasteiger partial charge is 0.327 e. The summed E-state index contributed by atoms with van der Waals surface area (Å²) in [5.74, 6) is -0.885. The Morgan fingerprint density at radius 3 is 2.67 bits per heavy atom. The van der Waals surface area contributed by atoms with Gasteiger partial charge >= 0.3 is 5.97 Å². The van der Waals surface area contributed by atoms with Gasteiger partial charge in [-0.3, -0.25) is 4.79 Å². The lowest BCUT2D eigenvalue weighted by molar-refractivity contribution is -0.147. The van der Waals surface area contributed by atoms with Gasteiger partial charge in [-0.15, -0.1) is 11.8 Å². The van der Waals surface area contributed by atoms with E-state index in [2.05, 4.69) is 0 Å². The maximum Gasteiger partial charge on any atom is 0.327 e. The molecule has 108 valence electrons. The van der Waals surface area contributed by atoms with Crippen LogP contribution in [0.4, 0.5) is 0 Å². The molecule has 1 aliphatic heterocycles. The summed E-state index contributed by atoms with van der Waals surface area (Å²) in [6, 6.07) is 8.05. The van der Waals surface area contributed by atoms with Crippen LogP contribution in [0.1, 0.15) is 18.1 Å².